The van der Waals surface area contributed by atoms with Gasteiger partial charge in [-0.1, -0.05) is 17.7 Å². The average Bonchev–Trinajstić information content (AvgIpc) is 2.64. The fourth-order valence-corrected chi connectivity index (χ4v) is 2.63. The Morgan fingerprint density at radius 2 is 1.92 bits per heavy atom. The van der Waals surface area contributed by atoms with Crippen molar-refractivity contribution in [1.29, 1.82) is 0 Å². The van der Waals surface area contributed by atoms with Gasteiger partial charge >= 0.3 is 0 Å². The number of carbonyl (C=O) groups is 1. The smallest absolute Gasteiger partial charge is 0.258 e. The van der Waals surface area contributed by atoms with Crippen molar-refractivity contribution in [3.05, 3.63) is 82.9 Å². The van der Waals surface area contributed by atoms with Crippen molar-refractivity contribution in [2.45, 2.75) is 13.3 Å². The molecule has 3 aromatic rings. The minimum atomic E-state index is -0.300. The van der Waals surface area contributed by atoms with Crippen LogP contribution in [-0.2, 0) is 6.42 Å². The van der Waals surface area contributed by atoms with Crippen LogP contribution in [0.1, 0.15) is 21.7 Å². The molecule has 0 aliphatic rings. The van der Waals surface area contributed by atoms with Gasteiger partial charge in [-0.15, -0.1) is 0 Å². The van der Waals surface area contributed by atoms with Crippen LogP contribution in [0.25, 0.3) is 0 Å². The van der Waals surface area contributed by atoms with E-state index in [4.69, 9.17) is 16.3 Å². The summed E-state index contributed by atoms with van der Waals surface area (Å²) >= 11 is 6.03. The molecule has 2 aromatic heterocycles. The maximum atomic E-state index is 12.3. The fraction of sp³-hybridized carbons (Fsp3) is 0.150. The number of nitrogens with one attached hydrogen (secondary N) is 1. The Bertz CT molecular complexity index is 883. The number of hydrogen-bond acceptors (Lipinski definition) is 4. The van der Waals surface area contributed by atoms with Gasteiger partial charge in [0.25, 0.3) is 5.91 Å². The van der Waals surface area contributed by atoms with Gasteiger partial charge in [0, 0.05) is 29.7 Å². The Morgan fingerprint density at radius 3 is 2.62 bits per heavy atom. The van der Waals surface area contributed by atoms with Crippen LogP contribution in [0.2, 0.25) is 5.15 Å². The van der Waals surface area contributed by atoms with Crippen LogP contribution in [-0.4, -0.2) is 22.5 Å². The number of rotatable bonds is 6. The molecule has 132 valence electrons. The van der Waals surface area contributed by atoms with E-state index in [1.807, 2.05) is 37.3 Å². The van der Waals surface area contributed by atoms with Crippen LogP contribution in [0.4, 0.5) is 5.69 Å². The van der Waals surface area contributed by atoms with E-state index in [0.29, 0.717) is 17.9 Å². The summed E-state index contributed by atoms with van der Waals surface area (Å²) in [4.78, 5) is 20.6. The molecule has 1 N–H and O–H groups in total. The van der Waals surface area contributed by atoms with E-state index in [2.05, 4.69) is 15.3 Å². The standard InChI is InChI=1S/C20H18ClN3O2/c1-14-5-10-18(19(21)23-14)20(25)24-16-6-8-17(9-7-16)26-13-11-15-4-2-3-12-22-15/h2-10,12H,11,13H2,1H3,(H,24,25). The van der Waals surface area contributed by atoms with Crippen molar-refractivity contribution < 1.29 is 9.53 Å². The molecule has 5 nitrogen and oxygen atoms in total. The zero-order valence-corrected chi connectivity index (χ0v) is 15.0. The van der Waals surface area contributed by atoms with E-state index in [1.54, 1.807) is 30.5 Å². The summed E-state index contributed by atoms with van der Waals surface area (Å²) in [5.41, 5.74) is 2.75. The third-order valence-corrected chi connectivity index (χ3v) is 3.99. The molecular weight excluding hydrogens is 350 g/mol. The van der Waals surface area contributed by atoms with E-state index >= 15 is 0 Å². The van der Waals surface area contributed by atoms with E-state index < -0.39 is 0 Å². The van der Waals surface area contributed by atoms with Gasteiger partial charge in [0.15, 0.2) is 0 Å². The maximum Gasteiger partial charge on any atom is 0.258 e. The number of halogens is 1. The summed E-state index contributed by atoms with van der Waals surface area (Å²) in [6.07, 6.45) is 2.50. The number of hydrogen-bond donors (Lipinski definition) is 1. The highest BCUT2D eigenvalue weighted by Crippen LogP contribution is 2.19. The Morgan fingerprint density at radius 1 is 1.12 bits per heavy atom. The highest BCUT2D eigenvalue weighted by Gasteiger charge is 2.11. The summed E-state index contributed by atoms with van der Waals surface area (Å²) in [7, 11) is 0. The van der Waals surface area contributed by atoms with E-state index in [-0.39, 0.29) is 11.1 Å². The number of ether oxygens (including phenoxy) is 1. The first-order valence-corrected chi connectivity index (χ1v) is 8.57. The molecule has 0 spiro atoms. The SMILES string of the molecule is Cc1ccc(C(=O)Nc2ccc(OCCc3ccccn3)cc2)c(Cl)n1. The van der Waals surface area contributed by atoms with Gasteiger partial charge in [-0.25, -0.2) is 4.98 Å². The van der Waals surface area contributed by atoms with Crippen molar-refractivity contribution in [3.8, 4) is 5.75 Å². The van der Waals surface area contributed by atoms with Crippen molar-refractivity contribution >= 4 is 23.2 Å². The van der Waals surface area contributed by atoms with Gasteiger partial charge in [-0.05, 0) is 55.5 Å². The zero-order valence-electron chi connectivity index (χ0n) is 14.3. The third-order valence-electron chi connectivity index (χ3n) is 3.70. The zero-order chi connectivity index (χ0) is 18.4. The monoisotopic (exact) mass is 367 g/mol. The van der Waals surface area contributed by atoms with Gasteiger partial charge in [-0.2, -0.15) is 0 Å². The Labute approximate surface area is 157 Å². The predicted octanol–water partition coefficient (Wildman–Crippen LogP) is 4.31. The largest absolute Gasteiger partial charge is 0.493 e. The van der Waals surface area contributed by atoms with Gasteiger partial charge < -0.3 is 10.1 Å². The molecular formula is C20H18ClN3O2. The minimum Gasteiger partial charge on any atom is -0.493 e. The normalized spacial score (nSPS) is 10.4. The molecule has 0 aliphatic carbocycles. The van der Waals surface area contributed by atoms with Crippen molar-refractivity contribution in [1.82, 2.24) is 9.97 Å². The van der Waals surface area contributed by atoms with Crippen LogP contribution >= 0.6 is 11.6 Å². The lowest BCUT2D eigenvalue weighted by Gasteiger charge is -2.09. The summed E-state index contributed by atoms with van der Waals surface area (Å²) in [5, 5.41) is 2.99. The molecule has 6 heteroatoms. The molecule has 1 aromatic carbocycles. The van der Waals surface area contributed by atoms with E-state index in [1.165, 1.54) is 0 Å². The van der Waals surface area contributed by atoms with Crippen LogP contribution in [0.5, 0.6) is 5.75 Å². The summed E-state index contributed by atoms with van der Waals surface area (Å²) in [6, 6.07) is 16.4. The lowest BCUT2D eigenvalue weighted by Crippen LogP contribution is -2.13. The Balaban J connectivity index is 1.54. The second-order valence-electron chi connectivity index (χ2n) is 5.69. The molecule has 0 aliphatic heterocycles. The molecule has 0 saturated heterocycles. The number of benzene rings is 1. The number of anilines is 1. The van der Waals surface area contributed by atoms with Crippen molar-refractivity contribution in [3.63, 3.8) is 0 Å². The second kappa shape index (κ2) is 8.45. The topological polar surface area (TPSA) is 64.1 Å². The highest BCUT2D eigenvalue weighted by atomic mass is 35.5. The van der Waals surface area contributed by atoms with Gasteiger partial charge in [0.05, 0.1) is 12.2 Å². The first-order chi connectivity index (χ1) is 12.6. The molecule has 0 bridgehead atoms. The molecule has 0 fully saturated rings. The van der Waals surface area contributed by atoms with Crippen LogP contribution in [0, 0.1) is 6.92 Å². The average molecular weight is 368 g/mol. The minimum absolute atomic E-state index is 0.192. The van der Waals surface area contributed by atoms with Crippen molar-refractivity contribution in [2.75, 3.05) is 11.9 Å². The summed E-state index contributed by atoms with van der Waals surface area (Å²) in [5.74, 6) is 0.431. The quantitative estimate of drug-likeness (QED) is 0.659. The number of aryl methyl sites for hydroxylation is 1. The highest BCUT2D eigenvalue weighted by molar-refractivity contribution is 6.33. The van der Waals surface area contributed by atoms with Gasteiger partial charge in [0.2, 0.25) is 0 Å². The van der Waals surface area contributed by atoms with Crippen molar-refractivity contribution in [2.24, 2.45) is 0 Å². The molecule has 0 radical (unpaired) electrons. The maximum absolute atomic E-state index is 12.3. The van der Waals surface area contributed by atoms with E-state index in [9.17, 15) is 4.79 Å². The Hall–Kier alpha value is -2.92. The summed E-state index contributed by atoms with van der Waals surface area (Å²) < 4.78 is 5.70. The fourth-order valence-electron chi connectivity index (χ4n) is 2.35. The number of amides is 1. The van der Waals surface area contributed by atoms with E-state index in [0.717, 1.165) is 23.6 Å². The second-order valence-corrected chi connectivity index (χ2v) is 6.05. The Kier molecular flexibility index (Phi) is 5.81. The summed E-state index contributed by atoms with van der Waals surface area (Å²) in [6.45, 7) is 2.35. The molecule has 1 amide bonds. The molecule has 3 rings (SSSR count). The van der Waals surface area contributed by atoms with Crippen LogP contribution < -0.4 is 10.1 Å². The number of pyridine rings is 2. The van der Waals surface area contributed by atoms with Crippen LogP contribution in [0.15, 0.2) is 60.8 Å². The number of carbonyl (C=O) groups excluding carboxylic acids is 1. The molecule has 0 unspecified atom stereocenters. The number of aromatic nitrogens is 2. The van der Waals surface area contributed by atoms with Gasteiger partial charge in [0.1, 0.15) is 10.9 Å². The molecule has 26 heavy (non-hydrogen) atoms. The molecule has 2 heterocycles. The predicted molar refractivity (Wildman–Crippen MR) is 102 cm³/mol. The first-order valence-electron chi connectivity index (χ1n) is 8.19. The first kappa shape index (κ1) is 17.9. The third kappa shape index (κ3) is 4.80. The molecule has 0 saturated carbocycles. The lowest BCUT2D eigenvalue weighted by atomic mass is 10.2. The molecule has 0 atom stereocenters. The number of nitrogens with zero attached hydrogens (tertiary/aromatic N) is 2. The van der Waals surface area contributed by atoms with Crippen LogP contribution in [0.3, 0.4) is 0 Å². The van der Waals surface area contributed by atoms with Gasteiger partial charge in [-0.3, -0.25) is 9.78 Å². The lowest BCUT2D eigenvalue weighted by molar-refractivity contribution is 0.102.